The van der Waals surface area contributed by atoms with E-state index in [9.17, 15) is 9.59 Å². The molecule has 2 atom stereocenters. The molecule has 2 bridgehead atoms. The fourth-order valence-corrected chi connectivity index (χ4v) is 3.54. The first-order valence-corrected chi connectivity index (χ1v) is 10.7. The van der Waals surface area contributed by atoms with Crippen LogP contribution in [0.25, 0.3) is 11.1 Å². The molecule has 2 aromatic rings. The summed E-state index contributed by atoms with van der Waals surface area (Å²) in [6.45, 7) is 9.53. The van der Waals surface area contributed by atoms with Gasteiger partial charge in [0, 0.05) is 17.4 Å². The SMILES string of the molecule is CC(C)[C@H]1C=CC[C@H](NC(=O)OC(C)(C)C)c2cc(ccn2)-c2ccccc2NC1=O. The number of fused-ring (bicyclic) bond motifs is 4. The molecule has 0 fully saturated rings. The lowest BCUT2D eigenvalue weighted by atomic mass is 9.92. The summed E-state index contributed by atoms with van der Waals surface area (Å²) in [6, 6.07) is 11.2. The second kappa shape index (κ2) is 9.33. The monoisotopic (exact) mass is 421 g/mol. The van der Waals surface area contributed by atoms with Crippen LogP contribution in [0.3, 0.4) is 0 Å². The molecule has 2 N–H and O–H groups in total. The quantitative estimate of drug-likeness (QED) is 0.629. The highest BCUT2D eigenvalue weighted by molar-refractivity contribution is 5.97. The molecule has 2 amide bonds. The van der Waals surface area contributed by atoms with Crippen molar-refractivity contribution in [2.75, 3.05) is 5.32 Å². The fourth-order valence-electron chi connectivity index (χ4n) is 3.54. The van der Waals surface area contributed by atoms with Crippen molar-refractivity contribution >= 4 is 17.7 Å². The van der Waals surface area contributed by atoms with E-state index >= 15 is 0 Å². The Morgan fingerprint density at radius 3 is 2.68 bits per heavy atom. The van der Waals surface area contributed by atoms with Gasteiger partial charge in [-0.25, -0.2) is 4.79 Å². The van der Waals surface area contributed by atoms with E-state index in [1.807, 2.05) is 83.2 Å². The summed E-state index contributed by atoms with van der Waals surface area (Å²) in [5.74, 6) is -0.217. The number of rotatable bonds is 2. The van der Waals surface area contributed by atoms with Crippen LogP contribution in [0, 0.1) is 11.8 Å². The number of para-hydroxylation sites is 1. The predicted molar refractivity (Wildman–Crippen MR) is 122 cm³/mol. The van der Waals surface area contributed by atoms with Crippen LogP contribution in [0.2, 0.25) is 0 Å². The number of carbonyl (C=O) groups excluding carboxylic acids is 2. The van der Waals surface area contributed by atoms with Crippen molar-refractivity contribution in [2.24, 2.45) is 11.8 Å². The van der Waals surface area contributed by atoms with Gasteiger partial charge in [0.05, 0.1) is 17.7 Å². The third-order valence-electron chi connectivity index (χ3n) is 5.06. The minimum atomic E-state index is -0.597. The molecule has 1 aliphatic heterocycles. The Hall–Kier alpha value is -3.15. The van der Waals surface area contributed by atoms with Crippen LogP contribution in [0.15, 0.2) is 54.7 Å². The van der Waals surface area contributed by atoms with Gasteiger partial charge in [-0.05, 0) is 56.9 Å². The lowest BCUT2D eigenvalue weighted by Crippen LogP contribution is -2.35. The first-order valence-electron chi connectivity index (χ1n) is 10.7. The largest absolute Gasteiger partial charge is 0.444 e. The number of nitrogens with one attached hydrogen (secondary N) is 2. The molecule has 3 rings (SSSR count). The zero-order valence-corrected chi connectivity index (χ0v) is 18.8. The third kappa shape index (κ3) is 5.94. The molecule has 31 heavy (non-hydrogen) atoms. The van der Waals surface area contributed by atoms with Gasteiger partial charge in [-0.1, -0.05) is 44.2 Å². The van der Waals surface area contributed by atoms with Gasteiger partial charge in [0.2, 0.25) is 5.91 Å². The van der Waals surface area contributed by atoms with Crippen LogP contribution < -0.4 is 10.6 Å². The molecule has 0 unspecified atom stereocenters. The van der Waals surface area contributed by atoms with Crippen LogP contribution >= 0.6 is 0 Å². The molecule has 0 saturated carbocycles. The van der Waals surface area contributed by atoms with Crippen molar-refractivity contribution in [1.82, 2.24) is 10.3 Å². The maximum absolute atomic E-state index is 13.0. The van der Waals surface area contributed by atoms with Crippen molar-refractivity contribution in [3.63, 3.8) is 0 Å². The first kappa shape index (κ1) is 22.5. The van der Waals surface area contributed by atoms with E-state index in [0.717, 1.165) is 22.5 Å². The summed E-state index contributed by atoms with van der Waals surface area (Å²) in [4.78, 5) is 30.0. The Bertz CT molecular complexity index is 976. The molecule has 0 radical (unpaired) electrons. The number of carbonyl (C=O) groups is 2. The molecule has 1 aliphatic rings. The smallest absolute Gasteiger partial charge is 0.408 e. The number of benzene rings is 1. The summed E-state index contributed by atoms with van der Waals surface area (Å²) in [6.07, 6.45) is 5.57. The van der Waals surface area contributed by atoms with Gasteiger partial charge in [-0.15, -0.1) is 0 Å². The van der Waals surface area contributed by atoms with Crippen LogP contribution in [0.4, 0.5) is 10.5 Å². The molecule has 6 nitrogen and oxygen atoms in total. The minimum Gasteiger partial charge on any atom is -0.444 e. The molecule has 164 valence electrons. The van der Waals surface area contributed by atoms with Gasteiger partial charge >= 0.3 is 6.09 Å². The molecule has 0 saturated heterocycles. The Morgan fingerprint density at radius 2 is 1.97 bits per heavy atom. The maximum Gasteiger partial charge on any atom is 0.408 e. The van der Waals surface area contributed by atoms with E-state index in [0.29, 0.717) is 6.42 Å². The highest BCUT2D eigenvalue weighted by Crippen LogP contribution is 2.31. The summed E-state index contributed by atoms with van der Waals surface area (Å²) in [7, 11) is 0. The van der Waals surface area contributed by atoms with Crippen LogP contribution in [-0.4, -0.2) is 22.6 Å². The van der Waals surface area contributed by atoms with Crippen molar-refractivity contribution in [2.45, 2.75) is 52.7 Å². The second-order valence-electron chi connectivity index (χ2n) is 9.14. The summed E-state index contributed by atoms with van der Waals surface area (Å²) < 4.78 is 5.45. The van der Waals surface area contributed by atoms with E-state index in [4.69, 9.17) is 4.74 Å². The summed E-state index contributed by atoms with van der Waals surface area (Å²) in [5.41, 5.74) is 2.71. The lowest BCUT2D eigenvalue weighted by Gasteiger charge is -2.24. The Balaban J connectivity index is 2.04. The standard InChI is InChI=1S/C25H31N3O3/c1-16(2)18-10-8-12-21(28-24(30)31-25(3,4)5)22-15-17(13-14-26-22)19-9-6-7-11-20(19)27-23(18)29/h6-11,13-16,18,21H,12H2,1-5H3,(H,27,29)(H,28,30)/t18-,21+/m1/s1. The highest BCUT2D eigenvalue weighted by Gasteiger charge is 2.24. The van der Waals surface area contributed by atoms with Crippen molar-refractivity contribution < 1.29 is 14.3 Å². The van der Waals surface area contributed by atoms with Crippen molar-refractivity contribution in [3.8, 4) is 11.1 Å². The zero-order chi connectivity index (χ0) is 22.6. The van der Waals surface area contributed by atoms with E-state index in [2.05, 4.69) is 15.6 Å². The second-order valence-corrected chi connectivity index (χ2v) is 9.14. The van der Waals surface area contributed by atoms with Crippen LogP contribution in [0.5, 0.6) is 0 Å². The van der Waals surface area contributed by atoms with Gasteiger partial charge in [-0.3, -0.25) is 9.78 Å². The minimum absolute atomic E-state index is 0.0507. The van der Waals surface area contributed by atoms with Gasteiger partial charge < -0.3 is 15.4 Å². The average Bonchev–Trinajstić information content (AvgIpc) is 2.68. The number of alkyl carbamates (subject to hydrolysis) is 1. The number of hydrogen-bond donors (Lipinski definition) is 2. The molecular weight excluding hydrogens is 390 g/mol. The van der Waals surface area contributed by atoms with Gasteiger partial charge in [0.25, 0.3) is 0 Å². The Morgan fingerprint density at radius 1 is 1.23 bits per heavy atom. The Labute approximate surface area is 184 Å². The summed E-state index contributed by atoms with van der Waals surface area (Å²) in [5, 5.41) is 6.03. The fraction of sp³-hybridized carbons (Fsp3) is 0.400. The molecule has 1 aromatic heterocycles. The topological polar surface area (TPSA) is 80.3 Å². The third-order valence-corrected chi connectivity index (χ3v) is 5.06. The number of nitrogens with zero attached hydrogens (tertiary/aromatic N) is 1. The molecule has 6 heteroatoms. The normalized spacial score (nSPS) is 19.0. The van der Waals surface area contributed by atoms with Crippen molar-refractivity contribution in [1.29, 1.82) is 0 Å². The van der Waals surface area contributed by atoms with Crippen LogP contribution in [0.1, 0.15) is 52.8 Å². The van der Waals surface area contributed by atoms with Crippen LogP contribution in [-0.2, 0) is 9.53 Å². The zero-order valence-electron chi connectivity index (χ0n) is 18.8. The number of hydrogen-bond acceptors (Lipinski definition) is 4. The molecular formula is C25H31N3O3. The highest BCUT2D eigenvalue weighted by atomic mass is 16.6. The molecule has 2 heterocycles. The number of ether oxygens (including phenoxy) is 1. The molecule has 1 aromatic carbocycles. The van der Waals surface area contributed by atoms with E-state index < -0.39 is 11.7 Å². The summed E-state index contributed by atoms with van der Waals surface area (Å²) >= 11 is 0. The van der Waals surface area contributed by atoms with Gasteiger partial charge in [0.1, 0.15) is 5.60 Å². The van der Waals surface area contributed by atoms with E-state index in [-0.39, 0.29) is 23.8 Å². The Kier molecular flexibility index (Phi) is 6.78. The average molecular weight is 422 g/mol. The van der Waals surface area contributed by atoms with E-state index in [1.54, 1.807) is 6.20 Å². The number of pyridine rings is 1. The van der Waals surface area contributed by atoms with Gasteiger partial charge in [-0.2, -0.15) is 0 Å². The first-order chi connectivity index (χ1) is 14.6. The number of aromatic nitrogens is 1. The van der Waals surface area contributed by atoms with Gasteiger partial charge in [0.15, 0.2) is 0 Å². The molecule has 0 aliphatic carbocycles. The predicted octanol–water partition coefficient (Wildman–Crippen LogP) is 5.49. The lowest BCUT2D eigenvalue weighted by molar-refractivity contribution is -0.119. The molecule has 0 spiro atoms. The van der Waals surface area contributed by atoms with E-state index in [1.165, 1.54) is 0 Å². The number of amides is 2. The van der Waals surface area contributed by atoms with Crippen molar-refractivity contribution in [3.05, 3.63) is 60.4 Å². The number of anilines is 1. The maximum atomic E-state index is 13.0.